The van der Waals surface area contributed by atoms with Crippen molar-refractivity contribution in [3.05, 3.63) is 23.1 Å². The topological polar surface area (TPSA) is 85.3 Å². The highest BCUT2D eigenvalue weighted by molar-refractivity contribution is 6.32. The molecule has 2 amide bonds. The molecule has 0 aliphatic heterocycles. The molecule has 0 saturated heterocycles. The van der Waals surface area contributed by atoms with Gasteiger partial charge in [-0.2, -0.15) is 0 Å². The van der Waals surface area contributed by atoms with Crippen molar-refractivity contribution in [1.82, 2.24) is 5.32 Å². The quantitative estimate of drug-likeness (QED) is 0.773. The number of halogens is 1. The summed E-state index contributed by atoms with van der Waals surface area (Å²) in [6, 6.07) is 0.666. The Kier molecular flexibility index (Phi) is 3.14. The van der Waals surface area contributed by atoms with Gasteiger partial charge in [-0.15, -0.1) is 0 Å². The summed E-state index contributed by atoms with van der Waals surface area (Å²) in [6.45, 7) is 1.48. The highest BCUT2D eigenvalue weighted by Crippen LogP contribution is 2.16. The Morgan fingerprint density at radius 3 is 2.71 bits per heavy atom. The molecule has 0 saturated carbocycles. The number of primary amides is 1. The lowest BCUT2D eigenvalue weighted by Gasteiger charge is -2.08. The first-order valence-corrected chi connectivity index (χ1v) is 4.23. The number of rotatable bonds is 3. The monoisotopic (exact) mass is 216 g/mol. The van der Waals surface area contributed by atoms with Crippen LogP contribution in [0.2, 0.25) is 5.22 Å². The molecule has 3 N–H and O–H groups in total. The predicted octanol–water partition coefficient (Wildman–Crippen LogP) is 0.537. The summed E-state index contributed by atoms with van der Waals surface area (Å²) in [6.07, 6.45) is 1.28. The van der Waals surface area contributed by atoms with Crippen LogP contribution in [0.5, 0.6) is 0 Å². The standard InChI is InChI=1S/C8H9ClN2O3/c1-4(7(10)12)11-8(13)5-2-3-14-6(5)9/h2-4H,1H3,(H2,10,12)(H,11,13)/t4-/m1/s1. The van der Waals surface area contributed by atoms with Gasteiger partial charge in [0.15, 0.2) is 0 Å². The summed E-state index contributed by atoms with van der Waals surface area (Å²) in [7, 11) is 0. The van der Waals surface area contributed by atoms with Crippen molar-refractivity contribution in [1.29, 1.82) is 0 Å². The summed E-state index contributed by atoms with van der Waals surface area (Å²) in [4.78, 5) is 22.0. The lowest BCUT2D eigenvalue weighted by atomic mass is 10.2. The fourth-order valence-electron chi connectivity index (χ4n) is 0.801. The number of amides is 2. The van der Waals surface area contributed by atoms with Gasteiger partial charge < -0.3 is 15.5 Å². The minimum Gasteiger partial charge on any atom is -0.452 e. The third kappa shape index (κ3) is 2.26. The van der Waals surface area contributed by atoms with Gasteiger partial charge in [-0.3, -0.25) is 9.59 Å². The molecule has 14 heavy (non-hydrogen) atoms. The number of carbonyl (C=O) groups is 2. The van der Waals surface area contributed by atoms with Gasteiger partial charge in [0.25, 0.3) is 5.91 Å². The normalized spacial score (nSPS) is 12.1. The number of carbonyl (C=O) groups excluding carboxylic acids is 2. The Morgan fingerprint density at radius 2 is 2.29 bits per heavy atom. The van der Waals surface area contributed by atoms with Crippen LogP contribution >= 0.6 is 11.6 Å². The Morgan fingerprint density at radius 1 is 1.64 bits per heavy atom. The average molecular weight is 217 g/mol. The maximum Gasteiger partial charge on any atom is 0.256 e. The molecule has 1 aromatic heterocycles. The van der Waals surface area contributed by atoms with Gasteiger partial charge >= 0.3 is 0 Å². The van der Waals surface area contributed by atoms with E-state index in [4.69, 9.17) is 21.8 Å². The minimum absolute atomic E-state index is 0.0147. The van der Waals surface area contributed by atoms with Crippen molar-refractivity contribution in [3.8, 4) is 0 Å². The molecule has 0 aliphatic carbocycles. The zero-order valence-corrected chi connectivity index (χ0v) is 8.17. The molecule has 0 bridgehead atoms. The number of furan rings is 1. The van der Waals surface area contributed by atoms with E-state index >= 15 is 0 Å². The van der Waals surface area contributed by atoms with E-state index in [1.165, 1.54) is 19.3 Å². The van der Waals surface area contributed by atoms with Gasteiger partial charge in [-0.1, -0.05) is 0 Å². The van der Waals surface area contributed by atoms with Gasteiger partial charge in [0.1, 0.15) is 6.04 Å². The predicted molar refractivity (Wildman–Crippen MR) is 49.8 cm³/mol. The van der Waals surface area contributed by atoms with Gasteiger partial charge in [-0.25, -0.2) is 0 Å². The van der Waals surface area contributed by atoms with Crippen molar-refractivity contribution in [2.45, 2.75) is 13.0 Å². The molecule has 0 unspecified atom stereocenters. The van der Waals surface area contributed by atoms with E-state index < -0.39 is 17.9 Å². The first-order valence-electron chi connectivity index (χ1n) is 3.85. The molecule has 1 heterocycles. The molecule has 1 atom stereocenters. The third-order valence-electron chi connectivity index (χ3n) is 1.64. The molecule has 1 aromatic rings. The molecule has 0 aliphatic rings. The largest absolute Gasteiger partial charge is 0.452 e. The van der Waals surface area contributed by atoms with Crippen LogP contribution in [0.1, 0.15) is 17.3 Å². The van der Waals surface area contributed by atoms with E-state index in [0.29, 0.717) is 0 Å². The summed E-state index contributed by atoms with van der Waals surface area (Å²) >= 11 is 5.55. The van der Waals surface area contributed by atoms with E-state index in [2.05, 4.69) is 5.32 Å². The summed E-state index contributed by atoms with van der Waals surface area (Å²) < 4.78 is 4.72. The Hall–Kier alpha value is -1.49. The molecule has 0 radical (unpaired) electrons. The third-order valence-corrected chi connectivity index (χ3v) is 1.93. The van der Waals surface area contributed by atoms with Crippen LogP contribution in [0.25, 0.3) is 0 Å². The second-order valence-electron chi connectivity index (χ2n) is 2.71. The van der Waals surface area contributed by atoms with Gasteiger partial charge in [0, 0.05) is 0 Å². The molecular formula is C8H9ClN2O3. The number of hydrogen-bond donors (Lipinski definition) is 2. The van der Waals surface area contributed by atoms with Crippen LogP contribution < -0.4 is 11.1 Å². The van der Waals surface area contributed by atoms with Crippen LogP contribution in [0.3, 0.4) is 0 Å². The minimum atomic E-state index is -0.742. The van der Waals surface area contributed by atoms with Crippen LogP contribution in [0, 0.1) is 0 Å². The molecule has 76 valence electrons. The van der Waals surface area contributed by atoms with Crippen LogP contribution in [-0.4, -0.2) is 17.9 Å². The molecule has 6 heteroatoms. The number of nitrogens with one attached hydrogen (secondary N) is 1. The van der Waals surface area contributed by atoms with E-state index in [1.54, 1.807) is 0 Å². The molecule has 5 nitrogen and oxygen atoms in total. The second kappa shape index (κ2) is 4.15. The van der Waals surface area contributed by atoms with Crippen LogP contribution in [0.15, 0.2) is 16.7 Å². The van der Waals surface area contributed by atoms with E-state index in [-0.39, 0.29) is 10.8 Å². The van der Waals surface area contributed by atoms with E-state index in [0.717, 1.165) is 0 Å². The summed E-state index contributed by atoms with van der Waals surface area (Å²) in [5, 5.41) is 2.35. The fourth-order valence-corrected chi connectivity index (χ4v) is 1.00. The molecule has 0 fully saturated rings. The van der Waals surface area contributed by atoms with Crippen molar-refractivity contribution in [2.75, 3.05) is 0 Å². The highest BCUT2D eigenvalue weighted by Gasteiger charge is 2.17. The lowest BCUT2D eigenvalue weighted by Crippen LogP contribution is -2.42. The fraction of sp³-hybridized carbons (Fsp3) is 0.250. The van der Waals surface area contributed by atoms with E-state index in [9.17, 15) is 9.59 Å². The molecule has 1 rings (SSSR count). The van der Waals surface area contributed by atoms with Crippen molar-refractivity contribution in [2.24, 2.45) is 5.73 Å². The smallest absolute Gasteiger partial charge is 0.256 e. The lowest BCUT2D eigenvalue weighted by molar-refractivity contribution is -0.119. The van der Waals surface area contributed by atoms with Crippen LogP contribution in [0.4, 0.5) is 0 Å². The Balaban J connectivity index is 2.69. The van der Waals surface area contributed by atoms with Crippen molar-refractivity contribution < 1.29 is 14.0 Å². The first-order chi connectivity index (χ1) is 6.52. The van der Waals surface area contributed by atoms with E-state index in [1.807, 2.05) is 0 Å². The second-order valence-corrected chi connectivity index (χ2v) is 3.05. The van der Waals surface area contributed by atoms with Crippen molar-refractivity contribution >= 4 is 23.4 Å². The number of nitrogens with two attached hydrogens (primary N) is 1. The van der Waals surface area contributed by atoms with Crippen LogP contribution in [-0.2, 0) is 4.79 Å². The average Bonchev–Trinajstić information content (AvgIpc) is 2.51. The molecule has 0 aromatic carbocycles. The maximum absolute atomic E-state index is 11.4. The SMILES string of the molecule is C[C@@H](NC(=O)c1ccoc1Cl)C(N)=O. The highest BCUT2D eigenvalue weighted by atomic mass is 35.5. The van der Waals surface area contributed by atoms with Gasteiger partial charge in [0.2, 0.25) is 11.1 Å². The Bertz CT molecular complexity index is 361. The van der Waals surface area contributed by atoms with Gasteiger partial charge in [0.05, 0.1) is 11.8 Å². The summed E-state index contributed by atoms with van der Waals surface area (Å²) in [5.74, 6) is -1.10. The maximum atomic E-state index is 11.4. The molecule has 0 spiro atoms. The first kappa shape index (κ1) is 10.6. The number of hydrogen-bond acceptors (Lipinski definition) is 3. The summed E-state index contributed by atoms with van der Waals surface area (Å²) in [5.41, 5.74) is 5.15. The Labute approximate surface area is 85.2 Å². The van der Waals surface area contributed by atoms with Crippen molar-refractivity contribution in [3.63, 3.8) is 0 Å². The molecular weight excluding hydrogens is 208 g/mol. The zero-order valence-electron chi connectivity index (χ0n) is 7.41. The zero-order chi connectivity index (χ0) is 10.7. The van der Waals surface area contributed by atoms with Gasteiger partial charge in [-0.05, 0) is 24.6 Å².